The lowest BCUT2D eigenvalue weighted by Crippen LogP contribution is -2.47. The molecule has 454 valence electrons. The molecule has 0 aromatic heterocycles. The number of quaternary nitrogens is 1. The molecule has 0 aliphatic rings. The van der Waals surface area contributed by atoms with Gasteiger partial charge in [0.05, 0.1) is 33.8 Å². The Morgan fingerprint density at radius 3 is 1.35 bits per heavy atom. The van der Waals surface area contributed by atoms with Gasteiger partial charge < -0.3 is 28.5 Å². The van der Waals surface area contributed by atoms with Crippen LogP contribution in [0.3, 0.4) is 0 Å². The van der Waals surface area contributed by atoms with Crippen molar-refractivity contribution in [3.63, 3.8) is 0 Å². The summed E-state index contributed by atoms with van der Waals surface area (Å²) in [6, 6.07) is -0.898. The summed E-state index contributed by atoms with van der Waals surface area (Å²) in [5.41, 5.74) is 0. The van der Waals surface area contributed by atoms with E-state index in [0.29, 0.717) is 23.9 Å². The Labute approximate surface area is 483 Å². The Balaban J connectivity index is 5.01. The Hall–Kier alpha value is -2.55. The number of phosphoric ester groups is 1. The third-order valence-corrected chi connectivity index (χ3v) is 15.4. The molecule has 0 heterocycles. The van der Waals surface area contributed by atoms with Crippen molar-refractivity contribution >= 4 is 19.7 Å². The SMILES string of the molecule is CC/C=C/C=C/C=C\CCCCCCCC(=O)OC(/C=C\CCCCCCCCCCCC)C(COP(=O)([O-])OCC[N+](C)(C)C)NC(=O)CCCCCCCCCCCCCCCCCCC/C=C\C/C=C\CCCCC. The van der Waals surface area contributed by atoms with Gasteiger partial charge in [0, 0.05) is 12.8 Å². The number of nitrogens with one attached hydrogen (secondary N) is 1. The second-order valence-corrected chi connectivity index (χ2v) is 24.7. The highest BCUT2D eigenvalue weighted by Crippen LogP contribution is 2.38. The molecular formula is C68H125N2O7P. The minimum atomic E-state index is -4.70. The van der Waals surface area contributed by atoms with Crippen molar-refractivity contribution in [1.82, 2.24) is 5.32 Å². The van der Waals surface area contributed by atoms with E-state index in [1.54, 1.807) is 0 Å². The molecule has 0 rings (SSSR count). The standard InChI is InChI=1S/C68H125N2O7P/c1-7-10-13-16-19-22-25-28-29-30-31-32-33-34-35-36-37-38-39-40-41-43-45-48-51-54-57-60-67(71)69-65(64-76-78(73,74)75-63-62-70(4,5)6)66(59-56-53-50-47-44-27-24-21-18-15-12-9-3)77-68(72)61-58-55-52-49-46-42-26-23-20-17-14-11-8-2/h11,14,17,19-20,22-23,26,28-29,56,59,65-66H,7-10,12-13,15-16,18,21,24-25,27,30-55,57-58,60-64H2,1-6H3,(H-,69,71,73,74)/b14-11+,20-17+,22-19-,26-23-,29-28-,59-56-. The van der Waals surface area contributed by atoms with E-state index in [0.717, 1.165) is 83.5 Å². The number of unbranched alkanes of at least 4 members (excludes halogenated alkanes) is 35. The summed E-state index contributed by atoms with van der Waals surface area (Å²) in [6.07, 6.45) is 74.6. The lowest BCUT2D eigenvalue weighted by atomic mass is 10.0. The highest BCUT2D eigenvalue weighted by molar-refractivity contribution is 7.45. The number of rotatable bonds is 59. The maximum absolute atomic E-state index is 13.6. The first-order valence-electron chi connectivity index (χ1n) is 32.8. The van der Waals surface area contributed by atoms with Crippen molar-refractivity contribution in [2.24, 2.45) is 0 Å². The summed E-state index contributed by atoms with van der Waals surface area (Å²) in [4.78, 5) is 40.0. The quantitative estimate of drug-likeness (QED) is 0.0161. The van der Waals surface area contributed by atoms with E-state index >= 15 is 0 Å². The summed E-state index contributed by atoms with van der Waals surface area (Å²) < 4.78 is 30.3. The zero-order chi connectivity index (χ0) is 57.2. The number of nitrogens with zero attached hydrogens (tertiary/aromatic N) is 1. The van der Waals surface area contributed by atoms with E-state index in [2.05, 4.69) is 86.8 Å². The largest absolute Gasteiger partial charge is 0.756 e. The van der Waals surface area contributed by atoms with Crippen LogP contribution in [0.15, 0.2) is 72.9 Å². The number of carbonyl (C=O) groups is 2. The van der Waals surface area contributed by atoms with Crippen LogP contribution in [-0.4, -0.2) is 69.4 Å². The Morgan fingerprint density at radius 2 is 0.872 bits per heavy atom. The van der Waals surface area contributed by atoms with Crippen LogP contribution in [0.25, 0.3) is 0 Å². The lowest BCUT2D eigenvalue weighted by Gasteiger charge is -2.30. The molecule has 3 unspecified atom stereocenters. The Kier molecular flexibility index (Phi) is 55.8. The molecule has 0 aromatic carbocycles. The van der Waals surface area contributed by atoms with Crippen LogP contribution < -0.4 is 10.2 Å². The summed E-state index contributed by atoms with van der Waals surface area (Å²) >= 11 is 0. The first-order chi connectivity index (χ1) is 37.9. The molecule has 0 aliphatic carbocycles. The van der Waals surface area contributed by atoms with Crippen LogP contribution in [0, 0.1) is 0 Å². The number of likely N-dealkylation sites (N-methyl/N-ethyl adjacent to an activating group) is 1. The summed E-state index contributed by atoms with van der Waals surface area (Å²) in [7, 11) is 1.17. The first-order valence-corrected chi connectivity index (χ1v) is 34.2. The summed E-state index contributed by atoms with van der Waals surface area (Å²) in [5, 5.41) is 3.03. The van der Waals surface area contributed by atoms with E-state index in [4.69, 9.17) is 13.8 Å². The highest BCUT2D eigenvalue weighted by atomic mass is 31.2. The fraction of sp³-hybridized carbons (Fsp3) is 0.794. The van der Waals surface area contributed by atoms with Gasteiger partial charge in [-0.05, 0) is 83.1 Å². The molecular weight excluding hydrogens is 988 g/mol. The summed E-state index contributed by atoms with van der Waals surface area (Å²) in [6.45, 7) is 6.69. The maximum Gasteiger partial charge on any atom is 0.306 e. The predicted octanol–water partition coefficient (Wildman–Crippen LogP) is 19.8. The number of ether oxygens (including phenoxy) is 1. The number of phosphoric acid groups is 1. The fourth-order valence-electron chi connectivity index (χ4n) is 9.38. The molecule has 0 aromatic rings. The van der Waals surface area contributed by atoms with Gasteiger partial charge >= 0.3 is 5.97 Å². The molecule has 1 N–H and O–H groups in total. The van der Waals surface area contributed by atoms with Crippen molar-refractivity contribution in [2.45, 2.75) is 309 Å². The molecule has 9 nitrogen and oxygen atoms in total. The van der Waals surface area contributed by atoms with Gasteiger partial charge in [-0.3, -0.25) is 14.2 Å². The normalized spacial score (nSPS) is 14.1. The number of esters is 1. The molecule has 0 radical (unpaired) electrons. The van der Waals surface area contributed by atoms with Crippen molar-refractivity contribution in [2.75, 3.05) is 40.9 Å². The third kappa shape index (κ3) is 58.1. The molecule has 78 heavy (non-hydrogen) atoms. The third-order valence-electron chi connectivity index (χ3n) is 14.4. The van der Waals surface area contributed by atoms with Gasteiger partial charge in [-0.2, -0.15) is 0 Å². The molecule has 0 spiro atoms. The van der Waals surface area contributed by atoms with Gasteiger partial charge in [0.25, 0.3) is 7.82 Å². The van der Waals surface area contributed by atoms with Gasteiger partial charge in [0.15, 0.2) is 0 Å². The molecule has 0 fully saturated rings. The van der Waals surface area contributed by atoms with Crippen molar-refractivity contribution in [3.8, 4) is 0 Å². The number of allylic oxidation sites excluding steroid dienone is 11. The van der Waals surface area contributed by atoms with Crippen LogP contribution in [0.2, 0.25) is 0 Å². The summed E-state index contributed by atoms with van der Waals surface area (Å²) in [5.74, 6) is -0.559. The minimum absolute atomic E-state index is 0.0269. The molecule has 1 amide bonds. The van der Waals surface area contributed by atoms with Crippen molar-refractivity contribution in [1.29, 1.82) is 0 Å². The van der Waals surface area contributed by atoms with E-state index in [1.807, 2.05) is 33.3 Å². The zero-order valence-corrected chi connectivity index (χ0v) is 52.8. The zero-order valence-electron chi connectivity index (χ0n) is 51.9. The van der Waals surface area contributed by atoms with Crippen LogP contribution in [0.5, 0.6) is 0 Å². The number of hydrogen-bond donors (Lipinski definition) is 1. The predicted molar refractivity (Wildman–Crippen MR) is 335 cm³/mol. The Bertz CT molecular complexity index is 1570. The van der Waals surface area contributed by atoms with Gasteiger partial charge in [0.2, 0.25) is 5.91 Å². The second kappa shape index (κ2) is 57.7. The number of hydrogen-bond acceptors (Lipinski definition) is 7. The fourth-order valence-corrected chi connectivity index (χ4v) is 10.1. The second-order valence-electron chi connectivity index (χ2n) is 23.3. The topological polar surface area (TPSA) is 114 Å². The highest BCUT2D eigenvalue weighted by Gasteiger charge is 2.27. The molecule has 0 saturated carbocycles. The first kappa shape index (κ1) is 75.5. The number of amides is 1. The van der Waals surface area contributed by atoms with Gasteiger partial charge in [-0.25, -0.2) is 0 Å². The van der Waals surface area contributed by atoms with Crippen LogP contribution >= 0.6 is 7.82 Å². The molecule has 3 atom stereocenters. The average Bonchev–Trinajstić information content (AvgIpc) is 3.40. The van der Waals surface area contributed by atoms with Crippen molar-refractivity contribution < 1.29 is 37.3 Å². The van der Waals surface area contributed by atoms with Gasteiger partial charge in [-0.15, -0.1) is 0 Å². The van der Waals surface area contributed by atoms with E-state index in [1.165, 1.54) is 173 Å². The monoisotopic (exact) mass is 1110 g/mol. The van der Waals surface area contributed by atoms with Crippen LogP contribution in [0.1, 0.15) is 297 Å². The molecule has 10 heteroatoms. The van der Waals surface area contributed by atoms with E-state index < -0.39 is 26.6 Å². The molecule has 0 saturated heterocycles. The van der Waals surface area contributed by atoms with E-state index in [9.17, 15) is 19.0 Å². The van der Waals surface area contributed by atoms with E-state index in [-0.39, 0.29) is 24.9 Å². The van der Waals surface area contributed by atoms with Crippen LogP contribution in [0.4, 0.5) is 0 Å². The smallest absolute Gasteiger partial charge is 0.306 e. The van der Waals surface area contributed by atoms with Gasteiger partial charge in [-0.1, -0.05) is 274 Å². The molecule has 0 bridgehead atoms. The Morgan fingerprint density at radius 1 is 0.474 bits per heavy atom. The van der Waals surface area contributed by atoms with Crippen LogP contribution in [-0.2, 0) is 27.9 Å². The van der Waals surface area contributed by atoms with Gasteiger partial charge in [0.1, 0.15) is 19.3 Å². The average molecular weight is 1110 g/mol. The maximum atomic E-state index is 13.6. The molecule has 0 aliphatic heterocycles. The number of carbonyl (C=O) groups excluding carboxylic acids is 2. The minimum Gasteiger partial charge on any atom is -0.756 e. The van der Waals surface area contributed by atoms with Crippen molar-refractivity contribution in [3.05, 3.63) is 72.9 Å². The lowest BCUT2D eigenvalue weighted by molar-refractivity contribution is -0.870.